The van der Waals surface area contributed by atoms with E-state index in [2.05, 4.69) is 30.5 Å². The summed E-state index contributed by atoms with van der Waals surface area (Å²) in [6, 6.07) is 8.02. The van der Waals surface area contributed by atoms with Crippen molar-refractivity contribution in [2.75, 3.05) is 23.3 Å². The second-order valence-electron chi connectivity index (χ2n) is 13.8. The number of para-hydroxylation sites is 1. The third kappa shape index (κ3) is 6.85. The Kier molecular flexibility index (Phi) is 9.09. The maximum Gasteiger partial charge on any atom is 0.435 e. The molecule has 0 aliphatic heterocycles. The van der Waals surface area contributed by atoms with Crippen LogP contribution in [-0.2, 0) is 46.9 Å². The number of halogens is 7. The van der Waals surface area contributed by atoms with E-state index in [1.54, 1.807) is 38.4 Å². The van der Waals surface area contributed by atoms with Crippen molar-refractivity contribution in [1.29, 1.82) is 0 Å². The molecule has 3 atom stereocenters. The number of anilines is 2. The number of benzene rings is 2. The van der Waals surface area contributed by atoms with Gasteiger partial charge in [-0.3, -0.25) is 18.9 Å². The fourth-order valence-electron chi connectivity index (χ4n) is 7.81. The van der Waals surface area contributed by atoms with Crippen LogP contribution in [0.3, 0.4) is 0 Å². The molecule has 4 aromatic heterocycles. The van der Waals surface area contributed by atoms with Crippen LogP contribution in [0.4, 0.5) is 41.7 Å². The Morgan fingerprint density at radius 2 is 1.81 bits per heavy atom. The molecule has 0 bridgehead atoms. The van der Waals surface area contributed by atoms with E-state index in [1.165, 1.54) is 28.2 Å². The van der Waals surface area contributed by atoms with Gasteiger partial charge in [-0.15, -0.1) is 0 Å². The van der Waals surface area contributed by atoms with Crippen LogP contribution in [0, 0.1) is 17.6 Å². The number of pyridine rings is 1. The number of rotatable bonds is 10. The molecule has 2 aromatic carbocycles. The SMILES string of the molecule is CNc1nc2nc([C@H](Cc3cc(F)cc(F)c3)NC(=O)Cn3nc(C(F)(F)F)c4c3C(F)(F)[C@@H]3C=CC[C@H]43)c(-c3cccc4c(NS(C)(=O)=O)nn(C)c34)cc2s1. The monoisotopic (exact) mass is 833 g/mol. The van der Waals surface area contributed by atoms with Crippen LogP contribution >= 0.6 is 11.3 Å². The van der Waals surface area contributed by atoms with E-state index in [-0.39, 0.29) is 35.6 Å². The second-order valence-corrected chi connectivity index (χ2v) is 16.6. The number of aromatic nitrogens is 6. The standard InChI is InChI=1S/C36H30F7N9O3S2/c1-44-34-47-33-25(56-34)14-22(19-6-4-8-21-29(19)51(2)49-32(21)50-57(3,54)55)28(46-33)24(12-16-10-17(37)13-18(38)11-16)45-26(53)15-52-31-27(30(48-52)36(41,42)43)20-7-5-9-23(20)35(31,39)40/h4-6,8-11,13-14,20,23-24H,7,12,15H2,1-3H3,(H,45,53)(H,49,50)(H,44,46,47)/t20-,23+,24-/m0/s1. The molecule has 2 aliphatic carbocycles. The van der Waals surface area contributed by atoms with E-state index < -0.39 is 81.0 Å². The van der Waals surface area contributed by atoms with Crippen molar-refractivity contribution in [2.24, 2.45) is 13.0 Å². The van der Waals surface area contributed by atoms with Crippen molar-refractivity contribution >= 4 is 59.5 Å². The fraction of sp³-hybridized carbons (Fsp3) is 0.306. The molecule has 0 spiro atoms. The normalized spacial score (nSPS) is 17.9. The number of thiazole rings is 1. The molecule has 8 rings (SSSR count). The lowest BCUT2D eigenvalue weighted by Gasteiger charge is -2.23. The van der Waals surface area contributed by atoms with Gasteiger partial charge in [-0.1, -0.05) is 35.6 Å². The highest BCUT2D eigenvalue weighted by atomic mass is 32.2. The first-order valence-corrected chi connectivity index (χ1v) is 19.9. The zero-order valence-electron chi connectivity index (χ0n) is 29.9. The highest BCUT2D eigenvalue weighted by Crippen LogP contribution is 2.59. The van der Waals surface area contributed by atoms with Crippen molar-refractivity contribution in [3.05, 3.63) is 94.5 Å². The molecule has 2 aliphatic rings. The van der Waals surface area contributed by atoms with Gasteiger partial charge in [0.2, 0.25) is 15.9 Å². The van der Waals surface area contributed by atoms with Crippen molar-refractivity contribution in [3.8, 4) is 11.1 Å². The highest BCUT2D eigenvalue weighted by molar-refractivity contribution is 7.92. The van der Waals surface area contributed by atoms with Gasteiger partial charge in [0.25, 0.3) is 5.92 Å². The Balaban J connectivity index is 1.28. The van der Waals surface area contributed by atoms with Gasteiger partial charge in [0.15, 0.2) is 22.3 Å². The summed E-state index contributed by atoms with van der Waals surface area (Å²) >= 11 is 1.23. The summed E-state index contributed by atoms with van der Waals surface area (Å²) < 4.78 is 133. The highest BCUT2D eigenvalue weighted by Gasteiger charge is 2.60. The average Bonchev–Trinajstić information content (AvgIpc) is 3.92. The number of nitrogens with one attached hydrogen (secondary N) is 3. The molecule has 21 heteroatoms. The first-order chi connectivity index (χ1) is 26.8. The van der Waals surface area contributed by atoms with Crippen LogP contribution in [0.1, 0.15) is 46.6 Å². The molecule has 57 heavy (non-hydrogen) atoms. The number of aryl methyl sites for hydroxylation is 1. The van der Waals surface area contributed by atoms with Gasteiger partial charge in [-0.2, -0.15) is 32.1 Å². The Morgan fingerprint density at radius 3 is 2.49 bits per heavy atom. The van der Waals surface area contributed by atoms with Gasteiger partial charge in [-0.05, 0) is 42.7 Å². The first kappa shape index (κ1) is 38.3. The van der Waals surface area contributed by atoms with Crippen LogP contribution in [0.2, 0.25) is 0 Å². The van der Waals surface area contributed by atoms with E-state index in [0.29, 0.717) is 42.6 Å². The molecule has 0 saturated heterocycles. The van der Waals surface area contributed by atoms with Gasteiger partial charge in [0, 0.05) is 48.2 Å². The van der Waals surface area contributed by atoms with Crippen molar-refractivity contribution < 1.29 is 43.9 Å². The zero-order valence-corrected chi connectivity index (χ0v) is 31.6. The average molecular weight is 834 g/mol. The van der Waals surface area contributed by atoms with E-state index in [0.717, 1.165) is 18.4 Å². The number of nitrogens with zero attached hydrogens (tertiary/aromatic N) is 6. The number of fused-ring (bicyclic) bond motifs is 5. The number of carbonyl (C=O) groups is 1. The molecule has 298 valence electrons. The van der Waals surface area contributed by atoms with E-state index in [1.807, 2.05) is 0 Å². The van der Waals surface area contributed by atoms with E-state index in [9.17, 15) is 35.2 Å². The minimum Gasteiger partial charge on any atom is -0.365 e. The van der Waals surface area contributed by atoms with Crippen LogP contribution in [0.5, 0.6) is 0 Å². The molecule has 12 nitrogen and oxygen atoms in total. The summed E-state index contributed by atoms with van der Waals surface area (Å²) in [4.78, 5) is 23.3. The van der Waals surface area contributed by atoms with Crippen LogP contribution in [-0.4, -0.2) is 57.2 Å². The van der Waals surface area contributed by atoms with Crippen molar-refractivity contribution in [3.63, 3.8) is 0 Å². The van der Waals surface area contributed by atoms with Crippen molar-refractivity contribution in [1.82, 2.24) is 34.8 Å². The van der Waals surface area contributed by atoms with Gasteiger partial charge < -0.3 is 10.6 Å². The number of alkyl halides is 5. The summed E-state index contributed by atoms with van der Waals surface area (Å²) in [6.45, 7) is -1.07. The van der Waals surface area contributed by atoms with Gasteiger partial charge in [0.05, 0.1) is 34.1 Å². The minimum atomic E-state index is -5.10. The molecule has 4 heterocycles. The second kappa shape index (κ2) is 13.5. The number of sulfonamides is 1. The minimum absolute atomic E-state index is 0.0178. The molecular formula is C36H30F7N9O3S2. The van der Waals surface area contributed by atoms with Crippen LogP contribution in [0.25, 0.3) is 32.4 Å². The third-order valence-corrected chi connectivity index (χ3v) is 11.5. The molecule has 6 aromatic rings. The smallest absolute Gasteiger partial charge is 0.365 e. The molecule has 0 saturated carbocycles. The topological polar surface area (TPSA) is 149 Å². The quantitative estimate of drug-likeness (QED) is 0.0986. The largest absolute Gasteiger partial charge is 0.435 e. The van der Waals surface area contributed by atoms with Gasteiger partial charge in [0.1, 0.15) is 23.9 Å². The lowest BCUT2D eigenvalue weighted by molar-refractivity contribution is -0.142. The molecule has 1 amide bonds. The molecule has 0 unspecified atom stereocenters. The Labute approximate surface area is 322 Å². The van der Waals surface area contributed by atoms with E-state index >= 15 is 8.78 Å². The molecule has 3 N–H and O–H groups in total. The predicted molar refractivity (Wildman–Crippen MR) is 197 cm³/mol. The number of hydrogen-bond acceptors (Lipinski definition) is 9. The van der Waals surface area contributed by atoms with Crippen LogP contribution < -0.4 is 15.4 Å². The summed E-state index contributed by atoms with van der Waals surface area (Å²) in [6.07, 6.45) is -1.96. The lowest BCUT2D eigenvalue weighted by Crippen LogP contribution is -2.35. The molecular weight excluding hydrogens is 804 g/mol. The third-order valence-electron chi connectivity index (χ3n) is 9.91. The number of carbonyl (C=O) groups excluding carboxylic acids is 1. The Bertz CT molecular complexity index is 2740. The molecule has 0 radical (unpaired) electrons. The maximum absolute atomic E-state index is 15.8. The van der Waals surface area contributed by atoms with Crippen LogP contribution in [0.15, 0.2) is 54.6 Å². The number of amides is 1. The summed E-state index contributed by atoms with van der Waals surface area (Å²) in [5.74, 6) is -9.40. The maximum atomic E-state index is 15.8. The predicted octanol–water partition coefficient (Wildman–Crippen LogP) is 7.02. The van der Waals surface area contributed by atoms with Gasteiger partial charge >= 0.3 is 6.18 Å². The van der Waals surface area contributed by atoms with Gasteiger partial charge in [-0.25, -0.2) is 27.2 Å². The summed E-state index contributed by atoms with van der Waals surface area (Å²) in [5.41, 5.74) is -1.66. The number of hydrogen-bond donors (Lipinski definition) is 3. The zero-order chi connectivity index (χ0) is 40.8. The van der Waals surface area contributed by atoms with Crippen molar-refractivity contribution in [2.45, 2.75) is 43.4 Å². The summed E-state index contributed by atoms with van der Waals surface area (Å²) in [7, 11) is -0.559. The molecule has 0 fully saturated rings. The van der Waals surface area contributed by atoms with E-state index in [4.69, 9.17) is 4.98 Å². The Morgan fingerprint density at radius 1 is 1.07 bits per heavy atom. The Hall–Kier alpha value is -5.57. The fourth-order valence-corrected chi connectivity index (χ4v) is 9.12. The lowest BCUT2D eigenvalue weighted by atomic mass is 9.93. The first-order valence-electron chi connectivity index (χ1n) is 17.2. The summed E-state index contributed by atoms with van der Waals surface area (Å²) in [5, 5.41) is 14.3. The number of allylic oxidation sites excluding steroid dienone is 2.